The Morgan fingerprint density at radius 1 is 0.950 bits per heavy atom. The molecule has 20 heavy (non-hydrogen) atoms. The van der Waals surface area contributed by atoms with Gasteiger partial charge in [-0.25, -0.2) is 0 Å². The standard InChI is InChI=1S/C16H25NO3/c1-9-4-3-5-10(2)17(9)15(18)13-11-6-7-12(8-11)14(13)16(19)20/h9-14H,3-8H2,1-2H3,(H,19,20)/t9-,10+,11-,12+,13-,14+/m1/s1. The highest BCUT2D eigenvalue weighted by molar-refractivity contribution is 5.86. The van der Waals surface area contributed by atoms with Gasteiger partial charge in [0, 0.05) is 12.1 Å². The molecule has 1 saturated heterocycles. The van der Waals surface area contributed by atoms with Crippen molar-refractivity contribution in [1.29, 1.82) is 0 Å². The highest BCUT2D eigenvalue weighted by atomic mass is 16.4. The van der Waals surface area contributed by atoms with Gasteiger partial charge in [-0.05, 0) is 64.2 Å². The molecule has 3 fully saturated rings. The Bertz CT molecular complexity index is 412. The Balaban J connectivity index is 1.83. The molecule has 6 atom stereocenters. The third-order valence-electron chi connectivity index (χ3n) is 5.93. The van der Waals surface area contributed by atoms with Gasteiger partial charge in [-0.2, -0.15) is 0 Å². The average molecular weight is 279 g/mol. The molecule has 3 aliphatic rings. The van der Waals surface area contributed by atoms with Crippen LogP contribution in [0.1, 0.15) is 52.4 Å². The first-order valence-electron chi connectivity index (χ1n) is 8.05. The molecule has 0 spiro atoms. The maximum atomic E-state index is 13.0. The third kappa shape index (κ3) is 2.04. The monoisotopic (exact) mass is 279 g/mol. The normalized spacial score (nSPS) is 43.8. The Hall–Kier alpha value is -1.06. The van der Waals surface area contributed by atoms with Gasteiger partial charge in [0.1, 0.15) is 0 Å². The number of carbonyl (C=O) groups is 2. The number of rotatable bonds is 2. The molecule has 1 aliphatic heterocycles. The van der Waals surface area contributed by atoms with Crippen LogP contribution >= 0.6 is 0 Å². The van der Waals surface area contributed by atoms with E-state index in [1.54, 1.807) is 0 Å². The molecule has 3 rings (SSSR count). The first-order valence-corrected chi connectivity index (χ1v) is 8.05. The molecule has 1 heterocycles. The quantitative estimate of drug-likeness (QED) is 0.845. The number of amides is 1. The smallest absolute Gasteiger partial charge is 0.307 e. The van der Waals surface area contributed by atoms with E-state index in [-0.39, 0.29) is 29.8 Å². The summed E-state index contributed by atoms with van der Waals surface area (Å²) in [5.74, 6) is -0.759. The summed E-state index contributed by atoms with van der Waals surface area (Å²) in [7, 11) is 0. The molecule has 4 nitrogen and oxygen atoms in total. The Labute approximate surface area is 120 Å². The van der Waals surface area contributed by atoms with Gasteiger partial charge >= 0.3 is 5.97 Å². The van der Waals surface area contributed by atoms with Crippen molar-refractivity contribution in [3.63, 3.8) is 0 Å². The fraction of sp³-hybridized carbons (Fsp3) is 0.875. The number of carboxylic acids is 1. The molecular formula is C16H25NO3. The van der Waals surface area contributed by atoms with Crippen LogP contribution in [-0.4, -0.2) is 34.0 Å². The molecule has 0 aromatic rings. The minimum absolute atomic E-state index is 0.129. The van der Waals surface area contributed by atoms with E-state index in [4.69, 9.17) is 0 Å². The van der Waals surface area contributed by atoms with E-state index in [0.29, 0.717) is 5.92 Å². The SMILES string of the molecule is C[C@@H]1CCC[C@H](C)N1C(=O)[C@@H]1[C@@H]2CC[C@@H](C2)[C@@H]1C(=O)O. The highest BCUT2D eigenvalue weighted by Crippen LogP contribution is 2.53. The van der Waals surface area contributed by atoms with Crippen LogP contribution in [0.4, 0.5) is 0 Å². The minimum Gasteiger partial charge on any atom is -0.481 e. The minimum atomic E-state index is -0.757. The third-order valence-corrected chi connectivity index (χ3v) is 5.93. The largest absolute Gasteiger partial charge is 0.481 e. The van der Waals surface area contributed by atoms with Gasteiger partial charge in [0.2, 0.25) is 5.91 Å². The molecule has 112 valence electrons. The number of carboxylic acid groups (broad SMARTS) is 1. The number of hydrogen-bond acceptors (Lipinski definition) is 2. The molecule has 1 N–H and O–H groups in total. The number of likely N-dealkylation sites (tertiary alicyclic amines) is 1. The first kappa shape index (κ1) is 13.9. The fourth-order valence-electron chi connectivity index (χ4n) is 5.03. The summed E-state index contributed by atoms with van der Waals surface area (Å²) >= 11 is 0. The van der Waals surface area contributed by atoms with Gasteiger partial charge in [0.05, 0.1) is 11.8 Å². The van der Waals surface area contributed by atoms with Gasteiger partial charge in [0.25, 0.3) is 0 Å². The fourth-order valence-corrected chi connectivity index (χ4v) is 5.03. The summed E-state index contributed by atoms with van der Waals surface area (Å²) in [4.78, 5) is 26.6. The van der Waals surface area contributed by atoms with Crippen molar-refractivity contribution in [2.45, 2.75) is 64.5 Å². The molecular weight excluding hydrogens is 254 g/mol. The van der Waals surface area contributed by atoms with Crippen molar-refractivity contribution >= 4 is 11.9 Å². The summed E-state index contributed by atoms with van der Waals surface area (Å²) < 4.78 is 0. The van der Waals surface area contributed by atoms with Crippen molar-refractivity contribution in [2.75, 3.05) is 0 Å². The molecule has 4 heteroatoms. The molecule has 1 amide bonds. The Kier molecular flexibility index (Phi) is 3.51. The lowest BCUT2D eigenvalue weighted by Gasteiger charge is -2.42. The first-order chi connectivity index (χ1) is 9.50. The molecule has 0 aromatic carbocycles. The number of aliphatic carboxylic acids is 1. The van der Waals surface area contributed by atoms with Gasteiger partial charge < -0.3 is 10.0 Å². The van der Waals surface area contributed by atoms with Gasteiger partial charge in [-0.3, -0.25) is 9.59 Å². The van der Waals surface area contributed by atoms with Gasteiger partial charge in [-0.15, -0.1) is 0 Å². The van der Waals surface area contributed by atoms with Crippen molar-refractivity contribution in [2.24, 2.45) is 23.7 Å². The second-order valence-electron chi connectivity index (χ2n) is 7.10. The molecule has 2 aliphatic carbocycles. The van der Waals surface area contributed by atoms with Crippen LogP contribution in [0.15, 0.2) is 0 Å². The lowest BCUT2D eigenvalue weighted by Crippen LogP contribution is -2.52. The Morgan fingerprint density at radius 2 is 1.50 bits per heavy atom. The van der Waals surface area contributed by atoms with Crippen LogP contribution in [0.2, 0.25) is 0 Å². The Morgan fingerprint density at radius 3 is 2.05 bits per heavy atom. The number of hydrogen-bond donors (Lipinski definition) is 1. The van der Waals surface area contributed by atoms with Crippen molar-refractivity contribution in [3.05, 3.63) is 0 Å². The number of nitrogens with zero attached hydrogens (tertiary/aromatic N) is 1. The number of fused-ring (bicyclic) bond motifs is 2. The predicted octanol–water partition coefficient (Wildman–Crippen LogP) is 2.52. The zero-order chi connectivity index (χ0) is 14.4. The van der Waals surface area contributed by atoms with Crippen LogP contribution in [0.5, 0.6) is 0 Å². The van der Waals surface area contributed by atoms with Crippen LogP contribution in [0.3, 0.4) is 0 Å². The number of carbonyl (C=O) groups excluding carboxylic acids is 1. The highest BCUT2D eigenvalue weighted by Gasteiger charge is 2.55. The van der Waals surface area contributed by atoms with E-state index in [2.05, 4.69) is 13.8 Å². The molecule has 2 saturated carbocycles. The summed E-state index contributed by atoms with van der Waals surface area (Å²) in [5.41, 5.74) is 0. The van der Waals surface area contributed by atoms with E-state index < -0.39 is 11.9 Å². The summed E-state index contributed by atoms with van der Waals surface area (Å²) in [5, 5.41) is 9.51. The van der Waals surface area contributed by atoms with E-state index in [1.165, 1.54) is 6.42 Å². The van der Waals surface area contributed by atoms with Gasteiger partial charge in [-0.1, -0.05) is 0 Å². The molecule has 0 aromatic heterocycles. The van der Waals surface area contributed by atoms with Gasteiger partial charge in [0.15, 0.2) is 0 Å². The zero-order valence-corrected chi connectivity index (χ0v) is 12.4. The lowest BCUT2D eigenvalue weighted by atomic mass is 9.77. The summed E-state index contributed by atoms with van der Waals surface area (Å²) in [6.07, 6.45) is 6.26. The van der Waals surface area contributed by atoms with E-state index >= 15 is 0 Å². The summed E-state index contributed by atoms with van der Waals surface area (Å²) in [6.45, 7) is 4.22. The predicted molar refractivity (Wildman–Crippen MR) is 75.1 cm³/mol. The molecule has 2 bridgehead atoms. The van der Waals surface area contributed by atoms with Crippen molar-refractivity contribution in [3.8, 4) is 0 Å². The molecule has 0 unspecified atom stereocenters. The van der Waals surface area contributed by atoms with E-state index in [0.717, 1.165) is 32.1 Å². The lowest BCUT2D eigenvalue weighted by molar-refractivity contribution is -0.155. The topological polar surface area (TPSA) is 57.6 Å². The van der Waals surface area contributed by atoms with Crippen LogP contribution in [-0.2, 0) is 9.59 Å². The molecule has 0 radical (unpaired) electrons. The number of piperidine rings is 1. The maximum absolute atomic E-state index is 13.0. The maximum Gasteiger partial charge on any atom is 0.307 e. The van der Waals surface area contributed by atoms with E-state index in [9.17, 15) is 14.7 Å². The van der Waals surface area contributed by atoms with Crippen LogP contribution in [0, 0.1) is 23.7 Å². The average Bonchev–Trinajstić information content (AvgIpc) is 2.98. The van der Waals surface area contributed by atoms with Crippen LogP contribution < -0.4 is 0 Å². The van der Waals surface area contributed by atoms with E-state index in [1.807, 2.05) is 4.90 Å². The second-order valence-corrected chi connectivity index (χ2v) is 7.10. The zero-order valence-electron chi connectivity index (χ0n) is 12.4. The van der Waals surface area contributed by atoms with Crippen molar-refractivity contribution in [1.82, 2.24) is 4.90 Å². The second kappa shape index (κ2) is 5.05. The summed E-state index contributed by atoms with van der Waals surface area (Å²) in [6, 6.07) is 0.527. The van der Waals surface area contributed by atoms with Crippen LogP contribution in [0.25, 0.3) is 0 Å². The van der Waals surface area contributed by atoms with Crippen molar-refractivity contribution < 1.29 is 14.7 Å².